The molecule has 0 atom stereocenters. The number of halogens is 1. The molecule has 1 saturated carbocycles. The van der Waals surface area contributed by atoms with Crippen LogP contribution in [0.25, 0.3) is 10.9 Å². The second-order valence-corrected chi connectivity index (χ2v) is 5.06. The molecular weight excluding hydrogens is 252 g/mol. The lowest BCUT2D eigenvalue weighted by molar-refractivity contribution is 0.452. The molecule has 1 aromatic heterocycles. The molecule has 0 aliphatic heterocycles. The summed E-state index contributed by atoms with van der Waals surface area (Å²) in [6.45, 7) is 1.05. The Kier molecular flexibility index (Phi) is 2.09. The molecule has 0 amide bonds. The van der Waals surface area contributed by atoms with Gasteiger partial charge in [-0.05, 0) is 24.3 Å². The molecule has 1 aliphatic rings. The van der Waals surface area contributed by atoms with E-state index in [-0.39, 0.29) is 0 Å². The minimum atomic E-state index is 0.481. The van der Waals surface area contributed by atoms with Gasteiger partial charge < -0.3 is 0 Å². The maximum Gasteiger partial charge on any atom is 0.0682 e. The quantitative estimate of drug-likeness (QED) is 0.779. The first kappa shape index (κ1) is 9.40. The summed E-state index contributed by atoms with van der Waals surface area (Å²) in [7, 11) is 0. The lowest BCUT2D eigenvalue weighted by Gasteiger charge is -2.11. The van der Waals surface area contributed by atoms with Crippen molar-refractivity contribution in [3.8, 4) is 0 Å². The lowest BCUT2D eigenvalue weighted by Crippen LogP contribution is -2.13. The molecule has 78 valence electrons. The van der Waals surface area contributed by atoms with Crippen LogP contribution in [0.15, 0.2) is 30.5 Å². The second kappa shape index (κ2) is 3.34. The SMILES string of the molecule is BrCC1(Cn2ncc3ccccc32)CC1. The molecule has 1 aromatic carbocycles. The van der Waals surface area contributed by atoms with E-state index < -0.39 is 0 Å². The smallest absolute Gasteiger partial charge is 0.0682 e. The maximum absolute atomic E-state index is 4.46. The van der Waals surface area contributed by atoms with Crippen molar-refractivity contribution in [3.63, 3.8) is 0 Å². The first-order valence-corrected chi connectivity index (χ1v) is 6.42. The van der Waals surface area contributed by atoms with E-state index in [1.165, 1.54) is 23.7 Å². The van der Waals surface area contributed by atoms with E-state index in [9.17, 15) is 0 Å². The average Bonchev–Trinajstić information content (AvgIpc) is 2.95. The molecule has 0 saturated heterocycles. The van der Waals surface area contributed by atoms with Crippen LogP contribution in [0.1, 0.15) is 12.8 Å². The summed E-state index contributed by atoms with van der Waals surface area (Å²) in [6, 6.07) is 8.40. The van der Waals surface area contributed by atoms with Crippen LogP contribution in [-0.2, 0) is 6.54 Å². The standard InChI is InChI=1S/C12H13BrN2/c13-8-12(5-6-12)9-15-11-4-2-1-3-10(11)7-14-15/h1-4,7H,5-6,8-9H2. The van der Waals surface area contributed by atoms with Crippen LogP contribution in [-0.4, -0.2) is 15.1 Å². The number of para-hydroxylation sites is 1. The predicted octanol–water partition coefficient (Wildman–Crippen LogP) is 3.21. The second-order valence-electron chi connectivity index (χ2n) is 4.49. The molecule has 1 aliphatic carbocycles. The fraction of sp³-hybridized carbons (Fsp3) is 0.417. The van der Waals surface area contributed by atoms with Crippen LogP contribution < -0.4 is 0 Å². The zero-order valence-corrected chi connectivity index (χ0v) is 10.1. The van der Waals surface area contributed by atoms with Gasteiger partial charge in [-0.25, -0.2) is 0 Å². The fourth-order valence-electron chi connectivity index (χ4n) is 1.98. The number of hydrogen-bond acceptors (Lipinski definition) is 1. The van der Waals surface area contributed by atoms with Crippen molar-refractivity contribution >= 4 is 26.8 Å². The van der Waals surface area contributed by atoms with Gasteiger partial charge >= 0.3 is 0 Å². The van der Waals surface area contributed by atoms with Crippen molar-refractivity contribution in [2.75, 3.05) is 5.33 Å². The summed E-state index contributed by atoms with van der Waals surface area (Å²) in [4.78, 5) is 0. The molecule has 2 nitrogen and oxygen atoms in total. The van der Waals surface area contributed by atoms with E-state index in [1.807, 2.05) is 6.20 Å². The largest absolute Gasteiger partial charge is 0.264 e. The summed E-state index contributed by atoms with van der Waals surface area (Å²) >= 11 is 3.60. The first-order chi connectivity index (χ1) is 7.33. The monoisotopic (exact) mass is 264 g/mol. The Labute approximate surface area is 97.4 Å². The van der Waals surface area contributed by atoms with Crippen LogP contribution in [0.2, 0.25) is 0 Å². The highest BCUT2D eigenvalue weighted by Gasteiger charge is 2.42. The number of rotatable bonds is 3. The van der Waals surface area contributed by atoms with Crippen LogP contribution in [0.4, 0.5) is 0 Å². The predicted molar refractivity (Wildman–Crippen MR) is 65.2 cm³/mol. The molecule has 0 unspecified atom stereocenters. The third-order valence-corrected chi connectivity index (χ3v) is 4.47. The van der Waals surface area contributed by atoms with E-state index in [0.717, 1.165) is 11.9 Å². The van der Waals surface area contributed by atoms with Gasteiger partial charge in [-0.1, -0.05) is 34.1 Å². The highest BCUT2D eigenvalue weighted by molar-refractivity contribution is 9.09. The van der Waals surface area contributed by atoms with Gasteiger partial charge in [-0.15, -0.1) is 0 Å². The van der Waals surface area contributed by atoms with Crippen LogP contribution in [0.3, 0.4) is 0 Å². The van der Waals surface area contributed by atoms with Crippen molar-refractivity contribution < 1.29 is 0 Å². The van der Waals surface area contributed by atoms with Crippen LogP contribution >= 0.6 is 15.9 Å². The Morgan fingerprint density at radius 2 is 2.13 bits per heavy atom. The van der Waals surface area contributed by atoms with Crippen molar-refractivity contribution in [2.45, 2.75) is 19.4 Å². The highest BCUT2D eigenvalue weighted by Crippen LogP contribution is 2.48. The van der Waals surface area contributed by atoms with Crippen molar-refractivity contribution in [1.29, 1.82) is 0 Å². The van der Waals surface area contributed by atoms with Crippen molar-refractivity contribution in [1.82, 2.24) is 9.78 Å². The van der Waals surface area contributed by atoms with Crippen molar-refractivity contribution in [2.24, 2.45) is 5.41 Å². The summed E-state index contributed by atoms with van der Waals surface area (Å²) < 4.78 is 2.14. The normalized spacial score (nSPS) is 18.2. The summed E-state index contributed by atoms with van der Waals surface area (Å²) in [5.74, 6) is 0. The average molecular weight is 265 g/mol. The molecule has 15 heavy (non-hydrogen) atoms. The Bertz CT molecular complexity index is 485. The van der Waals surface area contributed by atoms with Gasteiger partial charge in [0.2, 0.25) is 0 Å². The van der Waals surface area contributed by atoms with E-state index in [0.29, 0.717) is 5.41 Å². The van der Waals surface area contributed by atoms with Gasteiger partial charge in [0.25, 0.3) is 0 Å². The van der Waals surface area contributed by atoms with E-state index in [4.69, 9.17) is 0 Å². The Morgan fingerprint density at radius 3 is 2.87 bits per heavy atom. The summed E-state index contributed by atoms with van der Waals surface area (Å²) in [5, 5.41) is 6.79. The third-order valence-electron chi connectivity index (χ3n) is 3.28. The lowest BCUT2D eigenvalue weighted by atomic mass is 10.1. The van der Waals surface area contributed by atoms with Gasteiger partial charge in [0.1, 0.15) is 0 Å². The number of aromatic nitrogens is 2. The first-order valence-electron chi connectivity index (χ1n) is 5.30. The van der Waals surface area contributed by atoms with E-state index in [2.05, 4.69) is 50.0 Å². The molecular formula is C12H13BrN2. The number of hydrogen-bond donors (Lipinski definition) is 0. The van der Waals surface area contributed by atoms with Gasteiger partial charge in [0.05, 0.1) is 11.7 Å². The van der Waals surface area contributed by atoms with Gasteiger partial charge in [0, 0.05) is 17.3 Å². The minimum absolute atomic E-state index is 0.481. The molecule has 1 heterocycles. The van der Waals surface area contributed by atoms with E-state index in [1.54, 1.807) is 0 Å². The van der Waals surface area contributed by atoms with E-state index >= 15 is 0 Å². The molecule has 0 bridgehead atoms. The fourth-order valence-corrected chi connectivity index (χ4v) is 2.72. The summed E-state index contributed by atoms with van der Waals surface area (Å²) in [6.07, 6.45) is 4.61. The summed E-state index contributed by atoms with van der Waals surface area (Å²) in [5.41, 5.74) is 1.74. The Balaban J connectivity index is 1.98. The number of fused-ring (bicyclic) bond motifs is 1. The highest BCUT2D eigenvalue weighted by atomic mass is 79.9. The Hall–Kier alpha value is -0.830. The molecule has 0 N–H and O–H groups in total. The zero-order chi connectivity index (χ0) is 10.3. The maximum atomic E-state index is 4.46. The molecule has 3 rings (SSSR count). The van der Waals surface area contributed by atoms with Gasteiger partial charge in [-0.2, -0.15) is 5.10 Å². The van der Waals surface area contributed by atoms with Gasteiger partial charge in [0.15, 0.2) is 0 Å². The molecule has 0 spiro atoms. The molecule has 2 aromatic rings. The number of nitrogens with zero attached hydrogens (tertiary/aromatic N) is 2. The number of alkyl halides is 1. The van der Waals surface area contributed by atoms with Crippen LogP contribution in [0.5, 0.6) is 0 Å². The molecule has 1 fully saturated rings. The Morgan fingerprint density at radius 1 is 1.33 bits per heavy atom. The zero-order valence-electron chi connectivity index (χ0n) is 8.49. The van der Waals surface area contributed by atoms with Gasteiger partial charge in [-0.3, -0.25) is 4.68 Å². The van der Waals surface area contributed by atoms with Crippen LogP contribution in [0, 0.1) is 5.41 Å². The number of benzene rings is 1. The molecule has 3 heteroatoms. The molecule has 0 radical (unpaired) electrons. The third kappa shape index (κ3) is 1.59. The topological polar surface area (TPSA) is 17.8 Å². The minimum Gasteiger partial charge on any atom is -0.264 e. The van der Waals surface area contributed by atoms with Crippen molar-refractivity contribution in [3.05, 3.63) is 30.5 Å².